The summed E-state index contributed by atoms with van der Waals surface area (Å²) in [5.74, 6) is 1.41. The molecular weight excluding hydrogens is 244 g/mol. The fraction of sp³-hybridized carbons (Fsp3) is 0.769. The minimum atomic E-state index is -0.713. The number of fused-ring (bicyclic) bond motifs is 1. The average Bonchev–Trinajstić information content (AvgIpc) is 2.82. The van der Waals surface area contributed by atoms with Crippen molar-refractivity contribution in [2.45, 2.75) is 38.1 Å². The van der Waals surface area contributed by atoms with E-state index in [9.17, 15) is 4.79 Å². The van der Waals surface area contributed by atoms with Gasteiger partial charge >= 0.3 is 5.97 Å². The molecule has 1 aromatic heterocycles. The molecule has 0 radical (unpaired) electrons. The Kier molecular flexibility index (Phi) is 3.26. The number of likely N-dealkylation sites (tertiary alicyclic amines) is 1. The second-order valence-electron chi connectivity index (χ2n) is 5.73. The molecule has 2 aliphatic heterocycles. The lowest BCUT2D eigenvalue weighted by Gasteiger charge is -2.29. The summed E-state index contributed by atoms with van der Waals surface area (Å²) in [6.07, 6.45) is 3.46. The summed E-state index contributed by atoms with van der Waals surface area (Å²) in [5, 5.41) is 17.6. The van der Waals surface area contributed by atoms with Crippen LogP contribution in [0.1, 0.15) is 36.8 Å². The SMILES string of the molecule is CN1CCC(c2nnc3n2CCC(C(=O)O)C3)CC1. The molecule has 1 atom stereocenters. The van der Waals surface area contributed by atoms with E-state index < -0.39 is 5.97 Å². The number of piperidine rings is 1. The lowest BCUT2D eigenvalue weighted by atomic mass is 9.94. The zero-order valence-corrected chi connectivity index (χ0v) is 11.2. The van der Waals surface area contributed by atoms with Gasteiger partial charge in [-0.05, 0) is 39.4 Å². The third kappa shape index (κ3) is 2.36. The molecule has 1 fully saturated rings. The van der Waals surface area contributed by atoms with Crippen molar-refractivity contribution in [3.63, 3.8) is 0 Å². The molecular formula is C13H20N4O2. The summed E-state index contributed by atoms with van der Waals surface area (Å²) in [7, 11) is 2.15. The fourth-order valence-corrected chi connectivity index (χ4v) is 3.13. The molecule has 6 heteroatoms. The summed E-state index contributed by atoms with van der Waals surface area (Å²) >= 11 is 0. The summed E-state index contributed by atoms with van der Waals surface area (Å²) in [5.41, 5.74) is 0. The molecule has 3 heterocycles. The van der Waals surface area contributed by atoms with Gasteiger partial charge < -0.3 is 14.6 Å². The van der Waals surface area contributed by atoms with E-state index in [0.717, 1.165) is 44.1 Å². The normalized spacial score (nSPS) is 25.2. The summed E-state index contributed by atoms with van der Waals surface area (Å²) in [6.45, 7) is 2.95. The number of rotatable bonds is 2. The van der Waals surface area contributed by atoms with Crippen LogP contribution in [-0.2, 0) is 17.8 Å². The van der Waals surface area contributed by atoms with Crippen LogP contribution in [0, 0.1) is 5.92 Å². The van der Waals surface area contributed by atoms with Crippen molar-refractivity contribution < 1.29 is 9.90 Å². The lowest BCUT2D eigenvalue weighted by molar-refractivity contribution is -0.142. The Labute approximate surface area is 112 Å². The number of carboxylic acids is 1. The summed E-state index contributed by atoms with van der Waals surface area (Å²) < 4.78 is 2.16. The van der Waals surface area contributed by atoms with Crippen LogP contribution >= 0.6 is 0 Å². The lowest BCUT2D eigenvalue weighted by Crippen LogP contribution is -2.31. The van der Waals surface area contributed by atoms with Crippen LogP contribution in [0.4, 0.5) is 0 Å². The quantitative estimate of drug-likeness (QED) is 0.853. The highest BCUT2D eigenvalue weighted by Gasteiger charge is 2.30. The van der Waals surface area contributed by atoms with Crippen molar-refractivity contribution in [2.24, 2.45) is 5.92 Å². The number of carbonyl (C=O) groups is 1. The Morgan fingerprint density at radius 1 is 1.21 bits per heavy atom. The van der Waals surface area contributed by atoms with Crippen LogP contribution in [-0.4, -0.2) is 50.9 Å². The predicted octanol–water partition coefficient (Wildman–Crippen LogP) is 0.734. The molecule has 1 saturated heterocycles. The zero-order chi connectivity index (χ0) is 13.4. The largest absolute Gasteiger partial charge is 0.481 e. The van der Waals surface area contributed by atoms with E-state index in [1.54, 1.807) is 0 Å². The molecule has 0 aromatic carbocycles. The summed E-state index contributed by atoms with van der Waals surface area (Å²) in [4.78, 5) is 13.4. The molecule has 1 N–H and O–H groups in total. The van der Waals surface area contributed by atoms with Crippen LogP contribution < -0.4 is 0 Å². The van der Waals surface area contributed by atoms with Gasteiger partial charge in [-0.15, -0.1) is 10.2 Å². The molecule has 0 spiro atoms. The molecule has 6 nitrogen and oxygen atoms in total. The molecule has 3 rings (SSSR count). The minimum Gasteiger partial charge on any atom is -0.481 e. The minimum absolute atomic E-state index is 0.290. The van der Waals surface area contributed by atoms with E-state index in [4.69, 9.17) is 5.11 Å². The second-order valence-corrected chi connectivity index (χ2v) is 5.73. The Morgan fingerprint density at radius 3 is 2.63 bits per heavy atom. The van der Waals surface area contributed by atoms with Gasteiger partial charge in [-0.1, -0.05) is 0 Å². The Bertz CT molecular complexity index is 477. The smallest absolute Gasteiger partial charge is 0.307 e. The molecule has 19 heavy (non-hydrogen) atoms. The van der Waals surface area contributed by atoms with E-state index in [-0.39, 0.29) is 5.92 Å². The van der Waals surface area contributed by atoms with Crippen LogP contribution in [0.3, 0.4) is 0 Å². The number of aromatic nitrogens is 3. The molecule has 1 aromatic rings. The molecule has 2 aliphatic rings. The first-order valence-corrected chi connectivity index (χ1v) is 6.98. The van der Waals surface area contributed by atoms with Gasteiger partial charge in [0.05, 0.1) is 5.92 Å². The fourth-order valence-electron chi connectivity index (χ4n) is 3.13. The average molecular weight is 264 g/mol. The van der Waals surface area contributed by atoms with Gasteiger partial charge in [0.15, 0.2) is 0 Å². The maximum Gasteiger partial charge on any atom is 0.307 e. The second kappa shape index (κ2) is 4.92. The highest BCUT2D eigenvalue weighted by Crippen LogP contribution is 2.29. The zero-order valence-electron chi connectivity index (χ0n) is 11.2. The number of aliphatic carboxylic acids is 1. The van der Waals surface area contributed by atoms with Gasteiger partial charge in [-0.2, -0.15) is 0 Å². The molecule has 1 unspecified atom stereocenters. The third-order valence-electron chi connectivity index (χ3n) is 4.42. The molecule has 0 saturated carbocycles. The van der Waals surface area contributed by atoms with Crippen molar-refractivity contribution in [3.8, 4) is 0 Å². The highest BCUT2D eigenvalue weighted by molar-refractivity contribution is 5.70. The predicted molar refractivity (Wildman–Crippen MR) is 68.9 cm³/mol. The van der Waals surface area contributed by atoms with Gasteiger partial charge in [0.2, 0.25) is 0 Å². The first-order valence-electron chi connectivity index (χ1n) is 6.98. The first-order chi connectivity index (χ1) is 9.15. The standard InChI is InChI=1S/C13H20N4O2/c1-16-5-2-9(3-6-16)12-15-14-11-8-10(13(18)19)4-7-17(11)12/h9-10H,2-8H2,1H3,(H,18,19). The van der Waals surface area contributed by atoms with Crippen molar-refractivity contribution in [1.29, 1.82) is 0 Å². The third-order valence-corrected chi connectivity index (χ3v) is 4.42. The topological polar surface area (TPSA) is 71.2 Å². The Hall–Kier alpha value is -1.43. The maximum atomic E-state index is 11.0. The summed E-state index contributed by atoms with van der Waals surface area (Å²) in [6, 6.07) is 0. The van der Waals surface area contributed by atoms with Crippen molar-refractivity contribution >= 4 is 5.97 Å². The molecule has 0 aliphatic carbocycles. The Morgan fingerprint density at radius 2 is 1.95 bits per heavy atom. The molecule has 0 bridgehead atoms. The monoisotopic (exact) mass is 264 g/mol. The maximum absolute atomic E-state index is 11.0. The van der Waals surface area contributed by atoms with Gasteiger partial charge in [-0.3, -0.25) is 4.79 Å². The van der Waals surface area contributed by atoms with Gasteiger partial charge in [0.25, 0.3) is 0 Å². The van der Waals surface area contributed by atoms with Gasteiger partial charge in [0.1, 0.15) is 11.6 Å². The van der Waals surface area contributed by atoms with Crippen molar-refractivity contribution in [3.05, 3.63) is 11.6 Å². The van der Waals surface area contributed by atoms with E-state index in [1.165, 1.54) is 0 Å². The number of hydrogen-bond acceptors (Lipinski definition) is 4. The highest BCUT2D eigenvalue weighted by atomic mass is 16.4. The van der Waals surface area contributed by atoms with E-state index in [2.05, 4.69) is 26.7 Å². The van der Waals surface area contributed by atoms with Crippen molar-refractivity contribution in [2.75, 3.05) is 20.1 Å². The number of carboxylic acid groups (broad SMARTS) is 1. The van der Waals surface area contributed by atoms with Crippen LogP contribution in [0.15, 0.2) is 0 Å². The molecule has 104 valence electrons. The van der Waals surface area contributed by atoms with E-state index in [0.29, 0.717) is 18.8 Å². The number of nitrogens with zero attached hydrogens (tertiary/aromatic N) is 4. The van der Waals surface area contributed by atoms with E-state index in [1.807, 2.05) is 0 Å². The van der Waals surface area contributed by atoms with Gasteiger partial charge in [0, 0.05) is 18.9 Å². The molecule has 0 amide bonds. The van der Waals surface area contributed by atoms with Crippen LogP contribution in [0.5, 0.6) is 0 Å². The first kappa shape index (κ1) is 12.6. The van der Waals surface area contributed by atoms with Gasteiger partial charge in [-0.25, -0.2) is 0 Å². The van der Waals surface area contributed by atoms with E-state index >= 15 is 0 Å². The Balaban J connectivity index is 1.77. The van der Waals surface area contributed by atoms with Crippen LogP contribution in [0.2, 0.25) is 0 Å². The number of hydrogen-bond donors (Lipinski definition) is 1. The van der Waals surface area contributed by atoms with Crippen molar-refractivity contribution in [1.82, 2.24) is 19.7 Å². The van der Waals surface area contributed by atoms with Crippen LogP contribution in [0.25, 0.3) is 0 Å².